The number of hydrogen-bond acceptors (Lipinski definition) is 2. The molecule has 0 spiro atoms. The molecule has 2 amide bonds. The topological polar surface area (TPSA) is 58.2 Å². The van der Waals surface area contributed by atoms with Crippen molar-refractivity contribution in [1.82, 2.24) is 5.32 Å². The number of hydrogen-bond donors (Lipinski definition) is 2. The molecule has 0 saturated heterocycles. The van der Waals surface area contributed by atoms with Gasteiger partial charge in [0.2, 0.25) is 5.91 Å². The van der Waals surface area contributed by atoms with E-state index >= 15 is 0 Å². The highest BCUT2D eigenvalue weighted by molar-refractivity contribution is 6.35. The first-order valence-corrected chi connectivity index (χ1v) is 8.91. The van der Waals surface area contributed by atoms with E-state index in [4.69, 9.17) is 23.2 Å². The first-order chi connectivity index (χ1) is 12.0. The van der Waals surface area contributed by atoms with Crippen molar-refractivity contribution in [1.29, 1.82) is 0 Å². The summed E-state index contributed by atoms with van der Waals surface area (Å²) < 4.78 is 0. The fraction of sp³-hybridized carbons (Fsp3) is 0.263. The van der Waals surface area contributed by atoms with Gasteiger partial charge in [-0.05, 0) is 55.2 Å². The molecule has 0 atom stereocenters. The van der Waals surface area contributed by atoms with Crippen molar-refractivity contribution in [3.63, 3.8) is 0 Å². The molecule has 0 unspecified atom stereocenters. The van der Waals surface area contributed by atoms with E-state index in [1.165, 1.54) is 0 Å². The summed E-state index contributed by atoms with van der Waals surface area (Å²) in [6.07, 6.45) is 2.50. The van der Waals surface area contributed by atoms with Crippen molar-refractivity contribution in [3.8, 4) is 0 Å². The molecular formula is C19H18Cl2N2O2. The molecule has 0 heterocycles. The van der Waals surface area contributed by atoms with Crippen LogP contribution in [0.2, 0.25) is 10.0 Å². The van der Waals surface area contributed by atoms with E-state index in [0.717, 1.165) is 18.4 Å². The third-order valence-corrected chi connectivity index (χ3v) is 4.62. The van der Waals surface area contributed by atoms with Gasteiger partial charge >= 0.3 is 0 Å². The standard InChI is InChI=1S/C19H18Cl2N2O2/c20-15-7-6-12(17(21)11-15)8-9-22-18(24)14-2-1-3-16(10-14)23-19(25)13-4-5-13/h1-3,6-7,10-11,13H,4-5,8-9H2,(H,22,24)(H,23,25). The molecule has 1 fully saturated rings. The Morgan fingerprint density at radius 1 is 1.08 bits per heavy atom. The molecule has 0 radical (unpaired) electrons. The lowest BCUT2D eigenvalue weighted by Crippen LogP contribution is -2.26. The summed E-state index contributed by atoms with van der Waals surface area (Å²) in [5.41, 5.74) is 2.08. The van der Waals surface area contributed by atoms with Gasteiger partial charge < -0.3 is 10.6 Å². The molecule has 4 nitrogen and oxygen atoms in total. The fourth-order valence-corrected chi connectivity index (χ4v) is 2.97. The van der Waals surface area contributed by atoms with E-state index < -0.39 is 0 Å². The zero-order valence-corrected chi connectivity index (χ0v) is 15.0. The Kier molecular flexibility index (Phi) is 5.61. The van der Waals surface area contributed by atoms with Gasteiger partial charge in [0, 0.05) is 33.8 Å². The Hall–Kier alpha value is -2.04. The van der Waals surface area contributed by atoms with Gasteiger partial charge in [-0.1, -0.05) is 35.3 Å². The van der Waals surface area contributed by atoms with E-state index in [-0.39, 0.29) is 17.7 Å². The molecule has 2 aromatic rings. The Morgan fingerprint density at radius 3 is 2.60 bits per heavy atom. The normalized spacial score (nSPS) is 13.4. The average Bonchev–Trinajstić information content (AvgIpc) is 3.42. The number of carbonyl (C=O) groups is 2. The lowest BCUT2D eigenvalue weighted by atomic mass is 10.1. The van der Waals surface area contributed by atoms with Crippen LogP contribution in [0, 0.1) is 5.92 Å². The highest BCUT2D eigenvalue weighted by Gasteiger charge is 2.29. The van der Waals surface area contributed by atoms with Crippen molar-refractivity contribution in [2.45, 2.75) is 19.3 Å². The number of amides is 2. The van der Waals surface area contributed by atoms with E-state index in [9.17, 15) is 9.59 Å². The largest absolute Gasteiger partial charge is 0.352 e. The van der Waals surface area contributed by atoms with Crippen molar-refractivity contribution in [2.75, 3.05) is 11.9 Å². The number of benzene rings is 2. The summed E-state index contributed by atoms with van der Waals surface area (Å²) in [4.78, 5) is 24.1. The minimum atomic E-state index is -0.187. The third-order valence-electron chi connectivity index (χ3n) is 4.04. The van der Waals surface area contributed by atoms with E-state index in [1.807, 2.05) is 6.07 Å². The molecule has 130 valence electrons. The van der Waals surface area contributed by atoms with E-state index in [2.05, 4.69) is 10.6 Å². The summed E-state index contributed by atoms with van der Waals surface area (Å²) in [7, 11) is 0. The molecule has 1 saturated carbocycles. The number of rotatable bonds is 6. The van der Waals surface area contributed by atoms with Gasteiger partial charge in [0.1, 0.15) is 0 Å². The van der Waals surface area contributed by atoms with Crippen LogP contribution in [0.1, 0.15) is 28.8 Å². The minimum absolute atomic E-state index is 0.0231. The molecule has 1 aliphatic rings. The quantitative estimate of drug-likeness (QED) is 0.788. The molecule has 2 aromatic carbocycles. The lowest BCUT2D eigenvalue weighted by molar-refractivity contribution is -0.117. The Morgan fingerprint density at radius 2 is 1.88 bits per heavy atom. The van der Waals surface area contributed by atoms with Crippen LogP contribution in [0.3, 0.4) is 0 Å². The van der Waals surface area contributed by atoms with Gasteiger partial charge in [-0.3, -0.25) is 9.59 Å². The highest BCUT2D eigenvalue weighted by atomic mass is 35.5. The maximum atomic E-state index is 12.3. The monoisotopic (exact) mass is 376 g/mol. The van der Waals surface area contributed by atoms with Crippen molar-refractivity contribution in [2.24, 2.45) is 5.92 Å². The van der Waals surface area contributed by atoms with Crippen molar-refractivity contribution >= 4 is 40.7 Å². The Balaban J connectivity index is 1.54. The van der Waals surface area contributed by atoms with Crippen LogP contribution in [-0.4, -0.2) is 18.4 Å². The molecule has 2 N–H and O–H groups in total. The maximum absolute atomic E-state index is 12.3. The van der Waals surface area contributed by atoms with Crippen LogP contribution in [-0.2, 0) is 11.2 Å². The predicted octanol–water partition coefficient (Wildman–Crippen LogP) is 4.31. The third kappa shape index (κ3) is 4.97. The predicted molar refractivity (Wildman–Crippen MR) is 100 cm³/mol. The fourth-order valence-electron chi connectivity index (χ4n) is 2.47. The van der Waals surface area contributed by atoms with Gasteiger partial charge in [-0.25, -0.2) is 0 Å². The molecule has 0 bridgehead atoms. The summed E-state index contributed by atoms with van der Waals surface area (Å²) in [5, 5.41) is 6.88. The number of anilines is 1. The average molecular weight is 377 g/mol. The van der Waals surface area contributed by atoms with Gasteiger partial charge in [0.25, 0.3) is 5.91 Å². The zero-order valence-electron chi connectivity index (χ0n) is 13.5. The summed E-state index contributed by atoms with van der Waals surface area (Å²) >= 11 is 12.0. The van der Waals surface area contributed by atoms with E-state index in [1.54, 1.807) is 36.4 Å². The molecular weight excluding hydrogens is 359 g/mol. The summed E-state index contributed by atoms with van der Waals surface area (Å²) in [5.74, 6) is -0.0378. The van der Waals surface area contributed by atoms with Crippen molar-refractivity contribution < 1.29 is 9.59 Å². The van der Waals surface area contributed by atoms with Gasteiger partial charge in [0.15, 0.2) is 0 Å². The molecule has 0 aromatic heterocycles. The smallest absolute Gasteiger partial charge is 0.251 e. The van der Waals surface area contributed by atoms with Crippen LogP contribution >= 0.6 is 23.2 Å². The van der Waals surface area contributed by atoms with E-state index in [0.29, 0.717) is 34.3 Å². The van der Waals surface area contributed by atoms with Crippen LogP contribution in [0.15, 0.2) is 42.5 Å². The lowest BCUT2D eigenvalue weighted by Gasteiger charge is -2.09. The molecule has 25 heavy (non-hydrogen) atoms. The number of nitrogens with one attached hydrogen (secondary N) is 2. The van der Waals surface area contributed by atoms with Gasteiger partial charge in [-0.15, -0.1) is 0 Å². The molecule has 1 aliphatic carbocycles. The minimum Gasteiger partial charge on any atom is -0.352 e. The zero-order chi connectivity index (χ0) is 17.8. The Labute approximate surface area is 156 Å². The highest BCUT2D eigenvalue weighted by Crippen LogP contribution is 2.30. The van der Waals surface area contributed by atoms with Crippen molar-refractivity contribution in [3.05, 3.63) is 63.6 Å². The van der Waals surface area contributed by atoms with Crippen LogP contribution < -0.4 is 10.6 Å². The van der Waals surface area contributed by atoms with Crippen LogP contribution in [0.25, 0.3) is 0 Å². The second kappa shape index (κ2) is 7.89. The first-order valence-electron chi connectivity index (χ1n) is 8.16. The molecule has 0 aliphatic heterocycles. The molecule has 3 rings (SSSR count). The van der Waals surface area contributed by atoms with Crippen LogP contribution in [0.4, 0.5) is 5.69 Å². The van der Waals surface area contributed by atoms with Gasteiger partial charge in [0.05, 0.1) is 0 Å². The SMILES string of the molecule is O=C(NCCc1ccc(Cl)cc1Cl)c1cccc(NC(=O)C2CC2)c1. The van der Waals surface area contributed by atoms with Gasteiger partial charge in [-0.2, -0.15) is 0 Å². The second-order valence-electron chi connectivity index (χ2n) is 6.09. The first kappa shape index (κ1) is 17.8. The summed E-state index contributed by atoms with van der Waals surface area (Å²) in [6, 6.07) is 12.3. The summed E-state index contributed by atoms with van der Waals surface area (Å²) in [6.45, 7) is 0.457. The van der Waals surface area contributed by atoms with Crippen LogP contribution in [0.5, 0.6) is 0 Å². The number of carbonyl (C=O) groups excluding carboxylic acids is 2. The number of halogens is 2. The maximum Gasteiger partial charge on any atom is 0.251 e. The molecule has 6 heteroatoms. The second-order valence-corrected chi connectivity index (χ2v) is 6.93. The Bertz CT molecular complexity index is 804.